The molecule has 5 rings (SSSR count). The lowest BCUT2D eigenvalue weighted by Crippen LogP contribution is -2.36. The Kier molecular flexibility index (Phi) is 5.05. The monoisotopic (exact) mass is 398 g/mol. The van der Waals surface area contributed by atoms with Gasteiger partial charge in [0.05, 0.1) is 11.9 Å². The number of aromatic nitrogens is 4. The fourth-order valence-corrected chi connectivity index (χ4v) is 4.23. The number of nitrogens with one attached hydrogen (secondary N) is 1. The number of fused-ring (bicyclic) bond motifs is 1. The smallest absolute Gasteiger partial charge is 0.180 e. The maximum absolute atomic E-state index is 4.64. The normalized spacial score (nSPS) is 14.9. The van der Waals surface area contributed by atoms with Crippen molar-refractivity contribution in [1.29, 1.82) is 0 Å². The van der Waals surface area contributed by atoms with Gasteiger partial charge in [-0.15, -0.1) is 0 Å². The zero-order valence-corrected chi connectivity index (χ0v) is 17.2. The van der Waals surface area contributed by atoms with Crippen LogP contribution in [0.2, 0.25) is 0 Å². The summed E-state index contributed by atoms with van der Waals surface area (Å²) in [6.07, 6.45) is 9.98. The van der Waals surface area contributed by atoms with Gasteiger partial charge in [-0.2, -0.15) is 0 Å². The van der Waals surface area contributed by atoms with Crippen molar-refractivity contribution < 1.29 is 0 Å². The lowest BCUT2D eigenvalue weighted by molar-refractivity contribution is 0.423. The minimum Gasteiger partial charge on any atom is -0.371 e. The molecule has 1 aliphatic rings. The summed E-state index contributed by atoms with van der Waals surface area (Å²) in [5, 5.41) is 3.56. The molecular formula is C24H26N6. The van der Waals surface area contributed by atoms with E-state index in [9.17, 15) is 0 Å². The minimum atomic E-state index is 0.634. The zero-order chi connectivity index (χ0) is 20.3. The van der Waals surface area contributed by atoms with Gasteiger partial charge in [-0.1, -0.05) is 30.3 Å². The van der Waals surface area contributed by atoms with Crippen molar-refractivity contribution in [2.75, 3.05) is 29.9 Å². The summed E-state index contributed by atoms with van der Waals surface area (Å²) in [6, 6.07) is 14.6. The first-order valence-electron chi connectivity index (χ1n) is 10.6. The number of nitrogens with zero attached hydrogens (tertiary/aromatic N) is 5. The lowest BCUT2D eigenvalue weighted by atomic mass is 9.96. The highest BCUT2D eigenvalue weighted by molar-refractivity contribution is 5.70. The van der Waals surface area contributed by atoms with Gasteiger partial charge in [0.2, 0.25) is 0 Å². The number of anilines is 2. The van der Waals surface area contributed by atoms with E-state index in [0.717, 1.165) is 48.1 Å². The van der Waals surface area contributed by atoms with E-state index in [4.69, 9.17) is 0 Å². The van der Waals surface area contributed by atoms with Gasteiger partial charge in [0.1, 0.15) is 0 Å². The summed E-state index contributed by atoms with van der Waals surface area (Å²) >= 11 is 0. The summed E-state index contributed by atoms with van der Waals surface area (Å²) in [6.45, 7) is 5.12. The molecule has 1 fully saturated rings. The van der Waals surface area contributed by atoms with Crippen LogP contribution in [0.25, 0.3) is 16.9 Å². The molecular weight excluding hydrogens is 372 g/mol. The molecule has 4 aromatic rings. The van der Waals surface area contributed by atoms with Crippen LogP contribution in [0, 0.1) is 12.8 Å². The van der Waals surface area contributed by atoms with Gasteiger partial charge in [0.15, 0.2) is 11.5 Å². The van der Waals surface area contributed by atoms with Crippen LogP contribution in [0.3, 0.4) is 0 Å². The lowest BCUT2D eigenvalue weighted by Gasteiger charge is -2.33. The number of benzene rings is 1. The number of piperidine rings is 1. The molecule has 0 aliphatic carbocycles. The molecule has 152 valence electrons. The number of aryl methyl sites for hydroxylation is 1. The fourth-order valence-electron chi connectivity index (χ4n) is 4.23. The maximum Gasteiger partial charge on any atom is 0.180 e. The molecule has 0 radical (unpaired) electrons. The van der Waals surface area contributed by atoms with Crippen LogP contribution in [0.15, 0.2) is 67.3 Å². The van der Waals surface area contributed by atoms with Crippen molar-refractivity contribution in [1.82, 2.24) is 19.4 Å². The van der Waals surface area contributed by atoms with Crippen LogP contribution in [0.5, 0.6) is 0 Å². The average molecular weight is 399 g/mol. The molecule has 4 heterocycles. The third-order valence-electron chi connectivity index (χ3n) is 5.92. The predicted octanol–water partition coefficient (Wildman–Crippen LogP) is 4.43. The highest BCUT2D eigenvalue weighted by atomic mass is 15.1. The van der Waals surface area contributed by atoms with E-state index >= 15 is 0 Å². The predicted molar refractivity (Wildman–Crippen MR) is 121 cm³/mol. The number of imidazole rings is 1. The SMILES string of the molecule is Cc1cc(N2CCC(CNc3nccn4c(-c5ccccc5)cnc34)CC2)ccn1. The summed E-state index contributed by atoms with van der Waals surface area (Å²) in [5.41, 5.74) is 5.47. The second kappa shape index (κ2) is 8.14. The number of rotatable bonds is 5. The van der Waals surface area contributed by atoms with Gasteiger partial charge < -0.3 is 10.2 Å². The molecule has 0 atom stereocenters. The standard InChI is InChI=1S/C24H26N6/c1-18-15-21(7-10-25-18)29-12-8-19(9-13-29)16-27-23-24-28-17-22(30(24)14-11-26-23)20-5-3-2-4-6-20/h2-7,10-11,14-15,17,19H,8-9,12-13,16H2,1H3,(H,26,27). The Morgan fingerprint density at radius 3 is 2.63 bits per heavy atom. The van der Waals surface area contributed by atoms with E-state index in [1.807, 2.05) is 37.8 Å². The summed E-state index contributed by atoms with van der Waals surface area (Å²) < 4.78 is 2.11. The molecule has 0 spiro atoms. The van der Waals surface area contributed by atoms with Gasteiger partial charge in [-0.25, -0.2) is 9.97 Å². The fraction of sp³-hybridized carbons (Fsp3) is 0.292. The van der Waals surface area contributed by atoms with Crippen LogP contribution in [0.1, 0.15) is 18.5 Å². The Hall–Kier alpha value is -3.41. The molecule has 0 bridgehead atoms. The van der Waals surface area contributed by atoms with Crippen molar-refractivity contribution >= 4 is 17.2 Å². The van der Waals surface area contributed by atoms with Crippen molar-refractivity contribution in [2.24, 2.45) is 5.92 Å². The van der Waals surface area contributed by atoms with Crippen LogP contribution in [-0.2, 0) is 0 Å². The van der Waals surface area contributed by atoms with Crippen LogP contribution in [-0.4, -0.2) is 39.0 Å². The molecule has 0 saturated carbocycles. The van der Waals surface area contributed by atoms with E-state index in [0.29, 0.717) is 5.92 Å². The number of hydrogen-bond donors (Lipinski definition) is 1. The van der Waals surface area contributed by atoms with Gasteiger partial charge in [-0.05, 0) is 37.8 Å². The summed E-state index contributed by atoms with van der Waals surface area (Å²) in [4.78, 5) is 16.0. The van der Waals surface area contributed by atoms with E-state index < -0.39 is 0 Å². The van der Waals surface area contributed by atoms with Crippen LogP contribution >= 0.6 is 0 Å². The molecule has 1 aliphatic heterocycles. The quantitative estimate of drug-likeness (QED) is 0.539. The number of pyridine rings is 1. The summed E-state index contributed by atoms with van der Waals surface area (Å²) in [5.74, 6) is 1.49. The summed E-state index contributed by atoms with van der Waals surface area (Å²) in [7, 11) is 0. The Balaban J connectivity index is 1.25. The van der Waals surface area contributed by atoms with Gasteiger partial charge in [0.25, 0.3) is 0 Å². The first kappa shape index (κ1) is 18.6. The Labute approximate surface area is 176 Å². The minimum absolute atomic E-state index is 0.634. The van der Waals surface area contributed by atoms with Crippen LogP contribution in [0.4, 0.5) is 11.5 Å². The first-order valence-corrected chi connectivity index (χ1v) is 10.6. The van der Waals surface area contributed by atoms with Gasteiger partial charge in [0, 0.05) is 55.2 Å². The number of hydrogen-bond acceptors (Lipinski definition) is 5. The second-order valence-electron chi connectivity index (χ2n) is 7.95. The third-order valence-corrected chi connectivity index (χ3v) is 5.92. The van der Waals surface area contributed by atoms with Crippen molar-refractivity contribution in [3.05, 3.63) is 72.9 Å². The van der Waals surface area contributed by atoms with Crippen molar-refractivity contribution in [2.45, 2.75) is 19.8 Å². The molecule has 0 amide bonds. The zero-order valence-electron chi connectivity index (χ0n) is 17.2. The largest absolute Gasteiger partial charge is 0.371 e. The van der Waals surface area contributed by atoms with Crippen molar-refractivity contribution in [3.63, 3.8) is 0 Å². The average Bonchev–Trinajstić information content (AvgIpc) is 3.23. The Bertz CT molecular complexity index is 1130. The van der Waals surface area contributed by atoms with E-state index in [1.165, 1.54) is 18.5 Å². The molecule has 1 aromatic carbocycles. The second-order valence-corrected chi connectivity index (χ2v) is 7.95. The first-order chi connectivity index (χ1) is 14.8. The molecule has 30 heavy (non-hydrogen) atoms. The third kappa shape index (κ3) is 3.73. The van der Waals surface area contributed by atoms with Crippen LogP contribution < -0.4 is 10.2 Å². The van der Waals surface area contributed by atoms with Gasteiger partial charge >= 0.3 is 0 Å². The Morgan fingerprint density at radius 1 is 1.00 bits per heavy atom. The van der Waals surface area contributed by atoms with Crippen molar-refractivity contribution in [3.8, 4) is 11.3 Å². The Morgan fingerprint density at radius 2 is 1.83 bits per heavy atom. The van der Waals surface area contributed by atoms with E-state index in [2.05, 4.69) is 66.0 Å². The molecule has 1 saturated heterocycles. The highest BCUT2D eigenvalue weighted by Crippen LogP contribution is 2.26. The molecule has 6 heteroatoms. The topological polar surface area (TPSA) is 58.4 Å². The maximum atomic E-state index is 4.64. The molecule has 3 aromatic heterocycles. The van der Waals surface area contributed by atoms with E-state index in [-0.39, 0.29) is 0 Å². The van der Waals surface area contributed by atoms with E-state index in [1.54, 1.807) is 0 Å². The molecule has 0 unspecified atom stereocenters. The molecule has 1 N–H and O–H groups in total. The molecule has 6 nitrogen and oxygen atoms in total. The highest BCUT2D eigenvalue weighted by Gasteiger charge is 2.20. The van der Waals surface area contributed by atoms with Gasteiger partial charge in [-0.3, -0.25) is 9.38 Å².